The van der Waals surface area contributed by atoms with E-state index in [2.05, 4.69) is 31.6 Å². The van der Waals surface area contributed by atoms with Crippen LogP contribution in [-0.4, -0.2) is 82.1 Å². The van der Waals surface area contributed by atoms with E-state index in [1.165, 1.54) is 40.4 Å². The number of thioether (sulfide) groups is 2. The van der Waals surface area contributed by atoms with Crippen LogP contribution in [0.5, 0.6) is 0 Å². The number of anilines is 1. The second kappa shape index (κ2) is 10.6. The first-order valence-corrected chi connectivity index (χ1v) is 13.4. The lowest BCUT2D eigenvalue weighted by molar-refractivity contribution is -0.150. The highest BCUT2D eigenvalue weighted by atomic mass is 32.2. The van der Waals surface area contributed by atoms with Crippen molar-refractivity contribution in [2.75, 3.05) is 17.2 Å². The molecule has 2 aromatic heterocycles. The van der Waals surface area contributed by atoms with Crippen LogP contribution in [0.1, 0.15) is 5.69 Å². The zero-order chi connectivity index (χ0) is 26.0. The predicted octanol–water partition coefficient (Wildman–Crippen LogP) is 0.427. The molecule has 0 aromatic carbocycles. The van der Waals surface area contributed by atoms with E-state index in [-0.39, 0.29) is 16.5 Å². The van der Waals surface area contributed by atoms with Gasteiger partial charge in [-0.1, -0.05) is 9.64 Å². The molecule has 0 spiro atoms. The van der Waals surface area contributed by atoms with Gasteiger partial charge in [0.1, 0.15) is 27.0 Å². The number of rotatable bonds is 10. The molecule has 5 N–H and O–H groups in total. The van der Waals surface area contributed by atoms with Gasteiger partial charge in [-0.2, -0.15) is 0 Å². The van der Waals surface area contributed by atoms with Gasteiger partial charge in [-0.3, -0.25) is 14.5 Å². The smallest absolute Gasteiger partial charge is 0.374 e. The molecule has 2 aliphatic rings. The Labute approximate surface area is 218 Å². The van der Waals surface area contributed by atoms with Gasteiger partial charge in [0.2, 0.25) is 5.76 Å². The van der Waals surface area contributed by atoms with E-state index in [1.807, 2.05) is 0 Å². The number of carbonyl (C=O) groups excluding carboxylic acids is 2. The van der Waals surface area contributed by atoms with Crippen molar-refractivity contribution in [3.05, 3.63) is 40.9 Å². The molecule has 14 nitrogen and oxygen atoms in total. The lowest BCUT2D eigenvalue weighted by Crippen LogP contribution is -2.71. The van der Waals surface area contributed by atoms with Crippen molar-refractivity contribution in [2.45, 2.75) is 15.6 Å². The molecule has 4 rings (SSSR count). The number of hydrogen-bond acceptors (Lipinski definition) is 14. The van der Waals surface area contributed by atoms with E-state index in [9.17, 15) is 24.3 Å². The number of thiazole rings is 1. The van der Waals surface area contributed by atoms with Gasteiger partial charge in [0, 0.05) is 16.9 Å². The van der Waals surface area contributed by atoms with E-state index >= 15 is 0 Å². The van der Waals surface area contributed by atoms with Crippen molar-refractivity contribution in [2.24, 2.45) is 5.16 Å². The number of nitrogens with one attached hydrogen (secondary N) is 1. The molecular weight excluding hydrogens is 555 g/mol. The van der Waals surface area contributed by atoms with Crippen molar-refractivity contribution in [3.63, 3.8) is 0 Å². The lowest BCUT2D eigenvalue weighted by Gasteiger charge is -2.49. The quantitative estimate of drug-likeness (QED) is 0.0764. The van der Waals surface area contributed by atoms with Gasteiger partial charge in [-0.15, -0.1) is 40.0 Å². The number of oxime groups is 1. The van der Waals surface area contributed by atoms with E-state index in [1.54, 1.807) is 6.20 Å². The summed E-state index contributed by atoms with van der Waals surface area (Å²) >= 11 is 4.85. The molecule has 188 valence electrons. The number of nitrogens with zero attached hydrogens (tertiary/aromatic N) is 5. The second-order valence-corrected chi connectivity index (χ2v) is 11.0. The van der Waals surface area contributed by atoms with E-state index in [0.717, 1.165) is 20.4 Å². The van der Waals surface area contributed by atoms with Crippen LogP contribution < -0.4 is 11.1 Å². The van der Waals surface area contributed by atoms with Gasteiger partial charge >= 0.3 is 11.9 Å². The summed E-state index contributed by atoms with van der Waals surface area (Å²) in [5, 5.41) is 29.3. The molecule has 36 heavy (non-hydrogen) atoms. The first kappa shape index (κ1) is 25.6. The van der Waals surface area contributed by atoms with Crippen LogP contribution in [0.2, 0.25) is 0 Å². The number of fused-ring (bicyclic) bond motifs is 1. The SMILES string of the molecule is C=C(ON=C(C(=O)N[C@@H]1C(=O)N2C(C(=O)O)=C(CSc3cnns3)CS[C@@H]12)c1csc(N)n1)C(=O)O. The highest BCUT2D eigenvalue weighted by Gasteiger charge is 2.54. The molecule has 18 heteroatoms. The zero-order valence-corrected chi connectivity index (χ0v) is 21.1. The Morgan fingerprint density at radius 2 is 2.17 bits per heavy atom. The van der Waals surface area contributed by atoms with Crippen LogP contribution in [0, 0.1) is 0 Å². The Balaban J connectivity index is 1.51. The molecule has 1 saturated heterocycles. The fourth-order valence-corrected chi connectivity index (χ4v) is 6.58. The molecule has 2 aromatic rings. The molecule has 0 radical (unpaired) electrons. The van der Waals surface area contributed by atoms with E-state index < -0.39 is 46.6 Å². The number of amides is 2. The number of β-lactam (4-membered cyclic amide) rings is 1. The summed E-state index contributed by atoms with van der Waals surface area (Å²) in [5.74, 6) is -4.34. The first-order chi connectivity index (χ1) is 17.2. The molecule has 4 heterocycles. The fraction of sp³-hybridized carbons (Fsp3) is 0.222. The fourth-order valence-electron chi connectivity index (χ4n) is 3.12. The molecule has 1 fully saturated rings. The summed E-state index contributed by atoms with van der Waals surface area (Å²) in [6.45, 7) is 3.17. The Hall–Kier alpha value is -3.48. The zero-order valence-electron chi connectivity index (χ0n) is 17.8. The van der Waals surface area contributed by atoms with Crippen molar-refractivity contribution in [3.8, 4) is 0 Å². The summed E-state index contributed by atoms with van der Waals surface area (Å²) in [5.41, 5.74) is 5.62. The molecule has 0 saturated carbocycles. The van der Waals surface area contributed by atoms with Gasteiger partial charge in [0.25, 0.3) is 11.8 Å². The standard InChI is InChI=1S/C18H15N7O7S4/c1-6(16(28)29)32-23-10(8-5-35-18(19)21-8)13(26)22-11-14(27)25-12(17(30)31)7(4-34-15(11)25)3-33-9-2-20-24-36-9/h2,5,11,15H,1,3-4H2,(H2,19,21)(H,22,26)(H,28,29)(H,30,31)/t11-,15+/m1/s1. The van der Waals surface area contributed by atoms with Gasteiger partial charge in [0.15, 0.2) is 10.8 Å². The molecule has 2 aliphatic heterocycles. The normalized spacial score (nSPS) is 19.4. The lowest BCUT2D eigenvalue weighted by atomic mass is 10.0. The van der Waals surface area contributed by atoms with Gasteiger partial charge in [-0.25, -0.2) is 14.6 Å². The van der Waals surface area contributed by atoms with Crippen LogP contribution in [0.15, 0.2) is 44.6 Å². The summed E-state index contributed by atoms with van der Waals surface area (Å²) in [6, 6.07) is -1.05. The summed E-state index contributed by atoms with van der Waals surface area (Å²) in [7, 11) is 0. The topological polar surface area (TPSA) is 210 Å². The van der Waals surface area contributed by atoms with Crippen molar-refractivity contribution >= 4 is 81.0 Å². The third-order valence-corrected chi connectivity index (χ3v) is 8.67. The van der Waals surface area contributed by atoms with Gasteiger partial charge in [0.05, 0.1) is 6.20 Å². The van der Waals surface area contributed by atoms with Crippen LogP contribution in [0.4, 0.5) is 5.13 Å². The molecule has 0 unspecified atom stereocenters. The third-order valence-electron chi connectivity index (χ3n) is 4.73. The van der Waals surface area contributed by atoms with Crippen LogP contribution in [-0.2, 0) is 24.0 Å². The highest BCUT2D eigenvalue weighted by molar-refractivity contribution is 8.01. The predicted molar refractivity (Wildman–Crippen MR) is 131 cm³/mol. The summed E-state index contributed by atoms with van der Waals surface area (Å²) in [6.07, 6.45) is 1.57. The van der Waals surface area contributed by atoms with Crippen molar-refractivity contribution in [1.82, 2.24) is 24.8 Å². The number of aromatic nitrogens is 3. The van der Waals surface area contributed by atoms with Crippen LogP contribution in [0.25, 0.3) is 0 Å². The summed E-state index contributed by atoms with van der Waals surface area (Å²) < 4.78 is 4.57. The van der Waals surface area contributed by atoms with Crippen molar-refractivity contribution in [1.29, 1.82) is 0 Å². The molecular formula is C18H15N7O7S4. The van der Waals surface area contributed by atoms with Gasteiger partial charge < -0.3 is 26.1 Å². The molecule has 2 atom stereocenters. The Morgan fingerprint density at radius 3 is 2.78 bits per heavy atom. The minimum absolute atomic E-state index is 0.00361. The minimum Gasteiger partial charge on any atom is -0.477 e. The number of aliphatic carboxylic acids is 2. The second-order valence-electron chi connectivity index (χ2n) is 6.97. The number of carboxylic acid groups (broad SMARTS) is 2. The monoisotopic (exact) mass is 569 g/mol. The molecule has 0 bridgehead atoms. The van der Waals surface area contributed by atoms with E-state index in [0.29, 0.717) is 17.1 Å². The van der Waals surface area contributed by atoms with Crippen molar-refractivity contribution < 1.29 is 34.2 Å². The molecule has 0 aliphatic carbocycles. The maximum absolute atomic E-state index is 13.0. The maximum atomic E-state index is 13.0. The maximum Gasteiger partial charge on any atom is 0.374 e. The largest absolute Gasteiger partial charge is 0.477 e. The highest BCUT2D eigenvalue weighted by Crippen LogP contribution is 2.41. The average Bonchev–Trinajstić information content (AvgIpc) is 3.52. The average molecular weight is 570 g/mol. The Bertz CT molecular complexity index is 1310. The Kier molecular flexibility index (Phi) is 7.57. The number of carbonyl (C=O) groups is 4. The van der Waals surface area contributed by atoms with Crippen LogP contribution >= 0.6 is 46.4 Å². The Morgan fingerprint density at radius 1 is 1.39 bits per heavy atom. The van der Waals surface area contributed by atoms with Gasteiger partial charge in [-0.05, 0) is 23.7 Å². The number of nitrogen functional groups attached to an aromatic ring is 1. The van der Waals surface area contributed by atoms with E-state index in [4.69, 9.17) is 15.7 Å². The summed E-state index contributed by atoms with van der Waals surface area (Å²) in [4.78, 5) is 58.6. The molecule has 2 amide bonds. The third kappa shape index (κ3) is 5.20. The number of hydrogen-bond donors (Lipinski definition) is 4. The number of carboxylic acids is 2. The van der Waals surface area contributed by atoms with Crippen LogP contribution in [0.3, 0.4) is 0 Å². The first-order valence-electron chi connectivity index (χ1n) is 9.67. The number of nitrogens with two attached hydrogens (primary N) is 1. The minimum atomic E-state index is -1.49.